The number of hydrogen-bond acceptors (Lipinski definition) is 7. The molecule has 5 aromatic rings. The van der Waals surface area contributed by atoms with E-state index in [2.05, 4.69) is 27.1 Å². The first-order valence-electron chi connectivity index (χ1n) is 15.2. The highest BCUT2D eigenvalue weighted by Gasteiger charge is 2.31. The summed E-state index contributed by atoms with van der Waals surface area (Å²) in [7, 11) is 0. The molecule has 3 aromatic carbocycles. The third kappa shape index (κ3) is 8.35. The molecule has 0 radical (unpaired) electrons. The molecule has 236 valence electrons. The molecule has 9 nitrogen and oxygen atoms in total. The van der Waals surface area contributed by atoms with Gasteiger partial charge in [-0.3, -0.25) is 19.5 Å². The molecule has 46 heavy (non-hydrogen) atoms. The first-order chi connectivity index (χ1) is 22.4. The Kier molecular flexibility index (Phi) is 11.1. The van der Waals surface area contributed by atoms with Crippen LogP contribution in [0.5, 0.6) is 5.75 Å². The first kappa shape index (κ1) is 32.3. The van der Waals surface area contributed by atoms with Crippen LogP contribution in [0.3, 0.4) is 0 Å². The Bertz CT molecular complexity index is 1760. The number of benzene rings is 3. The fourth-order valence-corrected chi connectivity index (χ4v) is 6.09. The van der Waals surface area contributed by atoms with Crippen LogP contribution in [0.1, 0.15) is 39.5 Å². The maximum Gasteiger partial charge on any atom is 0.324 e. The van der Waals surface area contributed by atoms with Crippen LogP contribution < -0.4 is 21.1 Å². The molecule has 5 rings (SSSR count). The molecule has 0 fully saturated rings. The van der Waals surface area contributed by atoms with E-state index >= 15 is 0 Å². The molecule has 4 amide bonds. The van der Waals surface area contributed by atoms with E-state index in [1.165, 1.54) is 17.3 Å². The van der Waals surface area contributed by atoms with Crippen molar-refractivity contribution in [1.82, 2.24) is 20.5 Å². The molecule has 0 saturated carbocycles. The highest BCUT2D eigenvalue weighted by Crippen LogP contribution is 2.26. The molecular formula is C36H37N5O4S. The van der Waals surface area contributed by atoms with E-state index < -0.39 is 23.9 Å². The number of hydrogen-bond donors (Lipinski definition) is 3. The van der Waals surface area contributed by atoms with Crippen molar-refractivity contribution in [3.05, 3.63) is 131 Å². The Morgan fingerprint density at radius 1 is 0.913 bits per heavy atom. The van der Waals surface area contributed by atoms with Gasteiger partial charge in [0.2, 0.25) is 0 Å². The zero-order valence-electron chi connectivity index (χ0n) is 25.6. The summed E-state index contributed by atoms with van der Waals surface area (Å²) in [6, 6.07) is 24.6. The number of nitrogens with zero attached hydrogens (tertiary/aromatic N) is 2. The van der Waals surface area contributed by atoms with Crippen molar-refractivity contribution < 1.29 is 19.1 Å². The van der Waals surface area contributed by atoms with Crippen molar-refractivity contribution in [3.63, 3.8) is 0 Å². The summed E-state index contributed by atoms with van der Waals surface area (Å²) in [4.78, 5) is 46.6. The van der Waals surface area contributed by atoms with E-state index in [9.17, 15) is 14.4 Å². The second-order valence-corrected chi connectivity index (χ2v) is 11.6. The highest BCUT2D eigenvalue weighted by atomic mass is 32.1. The smallest absolute Gasteiger partial charge is 0.324 e. The average molecular weight is 636 g/mol. The second-order valence-electron chi connectivity index (χ2n) is 10.7. The maximum absolute atomic E-state index is 14.3. The standard InChI is InChI=1S/C36H37N5O4S/c1-2-45-30-13-11-25(12-14-30)21-32(40-34(42)28-15-18-38-19-16-28)35(43)41(20-17-29-24-46-33-6-4-3-5-31(29)33)36(44)39-23-27-9-7-26(22-37)8-10-27/h3-16,18-19,24,32H,2,17,20-23,37H2,1H3,(H,39,44)(H,40,42)/t32-/m1/s1. The van der Waals surface area contributed by atoms with Crippen molar-refractivity contribution in [2.24, 2.45) is 5.73 Å². The number of ether oxygens (including phenoxy) is 1. The number of urea groups is 1. The number of pyridine rings is 1. The van der Waals surface area contributed by atoms with Gasteiger partial charge in [0, 0.05) is 48.7 Å². The Hall–Kier alpha value is -5.06. The van der Waals surface area contributed by atoms with Crippen LogP contribution in [-0.2, 0) is 30.7 Å². The molecule has 1 atom stereocenters. The lowest BCUT2D eigenvalue weighted by atomic mass is 10.0. The fraction of sp³-hybridized carbons (Fsp3) is 0.222. The van der Waals surface area contributed by atoms with Crippen molar-refractivity contribution in [1.29, 1.82) is 0 Å². The van der Waals surface area contributed by atoms with Gasteiger partial charge in [-0.05, 0) is 76.7 Å². The number of carbonyl (C=O) groups is 3. The summed E-state index contributed by atoms with van der Waals surface area (Å²) in [5.74, 6) is -0.235. The predicted octanol–water partition coefficient (Wildman–Crippen LogP) is 5.48. The number of imide groups is 1. The molecular weight excluding hydrogens is 598 g/mol. The lowest BCUT2D eigenvalue weighted by Gasteiger charge is -2.27. The molecule has 0 spiro atoms. The number of amides is 4. The van der Waals surface area contributed by atoms with Crippen molar-refractivity contribution in [3.8, 4) is 5.75 Å². The minimum atomic E-state index is -1.02. The largest absolute Gasteiger partial charge is 0.494 e. The van der Waals surface area contributed by atoms with Gasteiger partial charge in [-0.25, -0.2) is 4.79 Å². The second kappa shape index (κ2) is 15.8. The molecule has 0 saturated heterocycles. The minimum Gasteiger partial charge on any atom is -0.494 e. The zero-order chi connectivity index (χ0) is 32.3. The van der Waals surface area contributed by atoms with Gasteiger partial charge in [-0.15, -0.1) is 11.3 Å². The van der Waals surface area contributed by atoms with E-state index in [0.29, 0.717) is 30.9 Å². The number of nitrogens with one attached hydrogen (secondary N) is 2. The summed E-state index contributed by atoms with van der Waals surface area (Å²) < 4.78 is 6.71. The van der Waals surface area contributed by atoms with E-state index in [1.54, 1.807) is 23.5 Å². The summed E-state index contributed by atoms with van der Waals surface area (Å²) in [5, 5.41) is 8.95. The normalized spacial score (nSPS) is 11.5. The molecule has 0 aliphatic carbocycles. The summed E-state index contributed by atoms with van der Waals surface area (Å²) >= 11 is 1.63. The van der Waals surface area contributed by atoms with Crippen molar-refractivity contribution >= 4 is 39.3 Å². The quantitative estimate of drug-likeness (QED) is 0.157. The lowest BCUT2D eigenvalue weighted by molar-refractivity contribution is -0.130. The Balaban J connectivity index is 1.41. The van der Waals surface area contributed by atoms with E-state index in [4.69, 9.17) is 10.5 Å². The highest BCUT2D eigenvalue weighted by molar-refractivity contribution is 7.17. The Morgan fingerprint density at radius 3 is 2.33 bits per heavy atom. The Labute approximate surface area is 272 Å². The first-order valence-corrected chi connectivity index (χ1v) is 16.1. The topological polar surface area (TPSA) is 127 Å². The van der Waals surface area contributed by atoms with Gasteiger partial charge in [-0.1, -0.05) is 54.6 Å². The van der Waals surface area contributed by atoms with Crippen LogP contribution in [0, 0.1) is 0 Å². The van der Waals surface area contributed by atoms with Crippen LogP contribution in [0.4, 0.5) is 4.79 Å². The van der Waals surface area contributed by atoms with Crippen LogP contribution in [0.25, 0.3) is 10.1 Å². The molecule has 0 bridgehead atoms. The van der Waals surface area contributed by atoms with E-state index in [0.717, 1.165) is 32.3 Å². The molecule has 0 unspecified atom stereocenters. The summed E-state index contributed by atoms with van der Waals surface area (Å²) in [5.41, 5.74) is 9.80. The minimum absolute atomic E-state index is 0.127. The van der Waals surface area contributed by atoms with Gasteiger partial charge >= 0.3 is 6.03 Å². The van der Waals surface area contributed by atoms with E-state index in [-0.39, 0.29) is 19.5 Å². The third-order valence-electron chi connectivity index (χ3n) is 7.60. The molecule has 0 aliphatic rings. The van der Waals surface area contributed by atoms with Crippen LogP contribution >= 0.6 is 11.3 Å². The number of aromatic nitrogens is 1. The fourth-order valence-electron chi connectivity index (χ4n) is 5.09. The van der Waals surface area contributed by atoms with Crippen LogP contribution in [-0.4, -0.2) is 46.9 Å². The van der Waals surface area contributed by atoms with Gasteiger partial charge in [0.25, 0.3) is 11.8 Å². The number of carbonyl (C=O) groups excluding carboxylic acids is 3. The van der Waals surface area contributed by atoms with Crippen molar-refractivity contribution in [2.75, 3.05) is 13.2 Å². The van der Waals surface area contributed by atoms with Gasteiger partial charge < -0.3 is 21.1 Å². The summed E-state index contributed by atoms with van der Waals surface area (Å²) in [6.45, 7) is 3.21. The van der Waals surface area contributed by atoms with Gasteiger partial charge in [0.15, 0.2) is 0 Å². The summed E-state index contributed by atoms with van der Waals surface area (Å²) in [6.07, 6.45) is 3.67. The molecule has 2 heterocycles. The van der Waals surface area contributed by atoms with Gasteiger partial charge in [-0.2, -0.15) is 0 Å². The SMILES string of the molecule is CCOc1ccc(C[C@@H](NC(=O)c2ccncc2)C(=O)N(CCc2csc3ccccc23)C(=O)NCc2ccc(CN)cc2)cc1. The maximum atomic E-state index is 14.3. The number of thiophene rings is 1. The van der Waals surface area contributed by atoms with Gasteiger partial charge in [0.1, 0.15) is 11.8 Å². The predicted molar refractivity (Wildman–Crippen MR) is 181 cm³/mol. The monoisotopic (exact) mass is 635 g/mol. The van der Waals surface area contributed by atoms with E-state index in [1.807, 2.05) is 73.7 Å². The molecule has 2 aromatic heterocycles. The number of nitrogens with two attached hydrogens (primary N) is 1. The number of fused-ring (bicyclic) bond motifs is 1. The van der Waals surface area contributed by atoms with Crippen LogP contribution in [0.15, 0.2) is 103 Å². The molecule has 0 aliphatic heterocycles. The lowest BCUT2D eigenvalue weighted by Crippen LogP contribution is -2.54. The van der Waals surface area contributed by atoms with Gasteiger partial charge in [0.05, 0.1) is 6.61 Å². The molecule has 4 N–H and O–H groups in total. The third-order valence-corrected chi connectivity index (χ3v) is 8.61. The average Bonchev–Trinajstić information content (AvgIpc) is 3.51. The van der Waals surface area contributed by atoms with Crippen molar-refractivity contribution in [2.45, 2.75) is 38.9 Å². The zero-order valence-corrected chi connectivity index (χ0v) is 26.5. The molecule has 10 heteroatoms. The Morgan fingerprint density at radius 2 is 1.61 bits per heavy atom. The van der Waals surface area contributed by atoms with Crippen LogP contribution in [0.2, 0.25) is 0 Å². The number of rotatable bonds is 13.